The molecule has 0 spiro atoms. The van der Waals surface area contributed by atoms with Crippen LogP contribution in [0.2, 0.25) is 0 Å². The number of carbonyl (C=O) groups excluding carboxylic acids is 1. The number of nitrogens with one attached hydrogen (secondary N) is 1. The number of benzene rings is 1. The molecule has 0 aliphatic rings. The zero-order valence-corrected chi connectivity index (χ0v) is 12.8. The third-order valence-corrected chi connectivity index (χ3v) is 2.99. The average Bonchev–Trinajstić information content (AvgIpc) is 2.38. The summed E-state index contributed by atoms with van der Waals surface area (Å²) in [6.45, 7) is 5.04. The van der Waals surface area contributed by atoms with E-state index in [-0.39, 0.29) is 12.5 Å². The van der Waals surface area contributed by atoms with Crippen molar-refractivity contribution in [1.29, 1.82) is 0 Å². The number of carbonyl (C=O) groups is 1. The first kappa shape index (κ1) is 16.6. The Morgan fingerprint density at radius 3 is 2.55 bits per heavy atom. The molecule has 20 heavy (non-hydrogen) atoms. The van der Waals surface area contributed by atoms with Gasteiger partial charge in [0.2, 0.25) is 5.91 Å². The number of ether oxygens (including phenoxy) is 1. The maximum atomic E-state index is 11.6. The highest BCUT2D eigenvalue weighted by Crippen LogP contribution is 2.09. The van der Waals surface area contributed by atoms with Gasteiger partial charge in [-0.25, -0.2) is 0 Å². The normalized spacial score (nSPS) is 10.6. The van der Waals surface area contributed by atoms with Gasteiger partial charge in [-0.15, -0.1) is 0 Å². The molecule has 0 bridgehead atoms. The second-order valence-electron chi connectivity index (χ2n) is 5.08. The van der Waals surface area contributed by atoms with Gasteiger partial charge in [0.05, 0.1) is 0 Å². The quantitative estimate of drug-likeness (QED) is 0.571. The van der Waals surface area contributed by atoms with Crippen LogP contribution in [0.4, 0.5) is 5.69 Å². The van der Waals surface area contributed by atoms with E-state index in [0.717, 1.165) is 18.4 Å². The van der Waals surface area contributed by atoms with E-state index in [9.17, 15) is 4.79 Å². The fraction of sp³-hybridized carbons (Fsp3) is 0.467. The van der Waals surface area contributed by atoms with E-state index >= 15 is 0 Å². The first-order chi connectivity index (χ1) is 9.49. The van der Waals surface area contributed by atoms with E-state index in [2.05, 4.69) is 19.2 Å². The van der Waals surface area contributed by atoms with Crippen molar-refractivity contribution in [3.8, 4) is 0 Å². The summed E-state index contributed by atoms with van der Waals surface area (Å²) >= 11 is 4.86. The van der Waals surface area contributed by atoms with Crippen molar-refractivity contribution in [2.75, 3.05) is 18.5 Å². The summed E-state index contributed by atoms with van der Waals surface area (Å²) in [7, 11) is 0. The summed E-state index contributed by atoms with van der Waals surface area (Å²) in [6, 6.07) is 7.10. The van der Waals surface area contributed by atoms with Crippen molar-refractivity contribution in [3.05, 3.63) is 29.8 Å². The molecule has 0 aromatic heterocycles. The summed E-state index contributed by atoms with van der Waals surface area (Å²) in [5.74, 6) is 0.511. The fourth-order valence-electron chi connectivity index (χ4n) is 1.67. The molecule has 5 heteroatoms. The highest BCUT2D eigenvalue weighted by Gasteiger charge is 2.03. The lowest BCUT2D eigenvalue weighted by Crippen LogP contribution is -2.19. The van der Waals surface area contributed by atoms with Crippen LogP contribution >= 0.6 is 12.2 Å². The fourth-order valence-corrected chi connectivity index (χ4v) is 1.81. The minimum absolute atomic E-state index is 0.0785. The monoisotopic (exact) mass is 294 g/mol. The molecule has 1 rings (SSSR count). The zero-order chi connectivity index (χ0) is 15.0. The standard InChI is InChI=1S/C15H22N2O2S/c1-11(2)4-3-9-19-10-14(18)17-13-7-5-12(6-8-13)15(16)20/h5-8,11H,3-4,9-10H2,1-2H3,(H2,16,20)(H,17,18). The second kappa shape index (κ2) is 8.66. The first-order valence-corrected chi connectivity index (χ1v) is 7.17. The molecule has 0 saturated heterocycles. The van der Waals surface area contributed by atoms with Crippen molar-refractivity contribution < 1.29 is 9.53 Å². The Balaban J connectivity index is 2.26. The van der Waals surface area contributed by atoms with Gasteiger partial charge >= 0.3 is 0 Å². The lowest BCUT2D eigenvalue weighted by Gasteiger charge is -2.08. The lowest BCUT2D eigenvalue weighted by atomic mass is 10.1. The van der Waals surface area contributed by atoms with Crippen LogP contribution in [0, 0.1) is 5.92 Å². The molecule has 1 aromatic carbocycles. The molecule has 1 aromatic rings. The largest absolute Gasteiger partial charge is 0.389 e. The predicted octanol–water partition coefficient (Wildman–Crippen LogP) is 2.71. The van der Waals surface area contributed by atoms with Crippen LogP contribution in [0.3, 0.4) is 0 Å². The van der Waals surface area contributed by atoms with E-state index < -0.39 is 0 Å². The minimum atomic E-state index is -0.155. The molecule has 1 amide bonds. The number of amides is 1. The Morgan fingerprint density at radius 2 is 2.00 bits per heavy atom. The van der Waals surface area contributed by atoms with E-state index in [4.69, 9.17) is 22.7 Å². The predicted molar refractivity (Wildman–Crippen MR) is 85.9 cm³/mol. The smallest absolute Gasteiger partial charge is 0.250 e. The summed E-state index contributed by atoms with van der Waals surface area (Å²) in [6.07, 6.45) is 2.09. The molecule has 0 atom stereocenters. The van der Waals surface area contributed by atoms with Crippen LogP contribution in [-0.4, -0.2) is 24.1 Å². The van der Waals surface area contributed by atoms with E-state index in [1.54, 1.807) is 24.3 Å². The SMILES string of the molecule is CC(C)CCCOCC(=O)Nc1ccc(C(N)=S)cc1. The zero-order valence-electron chi connectivity index (χ0n) is 12.0. The van der Waals surface area contributed by atoms with E-state index in [1.165, 1.54) is 0 Å². The third-order valence-electron chi connectivity index (χ3n) is 2.76. The molecule has 0 radical (unpaired) electrons. The van der Waals surface area contributed by atoms with E-state index in [1.807, 2.05) is 0 Å². The molecule has 0 aliphatic carbocycles. The molecule has 0 unspecified atom stereocenters. The first-order valence-electron chi connectivity index (χ1n) is 6.76. The summed E-state index contributed by atoms with van der Waals surface area (Å²) in [5, 5.41) is 2.76. The topological polar surface area (TPSA) is 64.3 Å². The molecular weight excluding hydrogens is 272 g/mol. The van der Waals surface area contributed by atoms with Crippen LogP contribution in [0.25, 0.3) is 0 Å². The minimum Gasteiger partial charge on any atom is -0.389 e. The Hall–Kier alpha value is -1.46. The van der Waals surface area contributed by atoms with Crippen LogP contribution in [0.15, 0.2) is 24.3 Å². The number of hydrogen-bond donors (Lipinski definition) is 2. The molecule has 110 valence electrons. The van der Waals surface area contributed by atoms with Gasteiger partial charge in [-0.2, -0.15) is 0 Å². The van der Waals surface area contributed by atoms with Crippen molar-refractivity contribution in [2.24, 2.45) is 11.7 Å². The molecule has 0 aliphatic heterocycles. The maximum Gasteiger partial charge on any atom is 0.250 e. The Kier molecular flexibility index (Phi) is 7.18. The molecule has 3 N–H and O–H groups in total. The van der Waals surface area contributed by atoms with Crippen LogP contribution in [-0.2, 0) is 9.53 Å². The Morgan fingerprint density at radius 1 is 1.35 bits per heavy atom. The van der Waals surface area contributed by atoms with Gasteiger partial charge < -0.3 is 15.8 Å². The number of rotatable bonds is 8. The highest BCUT2D eigenvalue weighted by molar-refractivity contribution is 7.80. The Bertz CT molecular complexity index is 444. The highest BCUT2D eigenvalue weighted by atomic mass is 32.1. The summed E-state index contributed by atoms with van der Waals surface area (Å²) in [5.41, 5.74) is 6.99. The summed E-state index contributed by atoms with van der Waals surface area (Å²) < 4.78 is 5.33. The molecule has 4 nitrogen and oxygen atoms in total. The number of nitrogens with two attached hydrogens (primary N) is 1. The number of hydrogen-bond acceptors (Lipinski definition) is 3. The van der Waals surface area contributed by atoms with Gasteiger partial charge in [0, 0.05) is 17.9 Å². The Labute approximate surface area is 125 Å². The number of thiocarbonyl (C=S) groups is 1. The second-order valence-corrected chi connectivity index (χ2v) is 5.52. The van der Waals surface area contributed by atoms with Crippen molar-refractivity contribution >= 4 is 28.8 Å². The molecular formula is C15H22N2O2S. The van der Waals surface area contributed by atoms with Crippen molar-refractivity contribution in [2.45, 2.75) is 26.7 Å². The van der Waals surface area contributed by atoms with Crippen LogP contribution < -0.4 is 11.1 Å². The maximum absolute atomic E-state index is 11.6. The third kappa shape index (κ3) is 6.63. The summed E-state index contributed by atoms with van der Waals surface area (Å²) in [4.78, 5) is 12.0. The van der Waals surface area contributed by atoms with Crippen molar-refractivity contribution in [1.82, 2.24) is 0 Å². The van der Waals surface area contributed by atoms with E-state index in [0.29, 0.717) is 23.2 Å². The van der Waals surface area contributed by atoms with Gasteiger partial charge in [-0.3, -0.25) is 4.79 Å². The van der Waals surface area contributed by atoms with Gasteiger partial charge in [-0.05, 0) is 43.0 Å². The average molecular weight is 294 g/mol. The number of anilines is 1. The molecule has 0 heterocycles. The van der Waals surface area contributed by atoms with Crippen LogP contribution in [0.1, 0.15) is 32.3 Å². The molecule has 0 saturated carbocycles. The van der Waals surface area contributed by atoms with Gasteiger partial charge in [0.1, 0.15) is 11.6 Å². The van der Waals surface area contributed by atoms with Crippen molar-refractivity contribution in [3.63, 3.8) is 0 Å². The molecule has 0 fully saturated rings. The van der Waals surface area contributed by atoms with Crippen LogP contribution in [0.5, 0.6) is 0 Å². The van der Waals surface area contributed by atoms with Gasteiger partial charge in [0.25, 0.3) is 0 Å². The van der Waals surface area contributed by atoms with Gasteiger partial charge in [-0.1, -0.05) is 26.1 Å². The lowest BCUT2D eigenvalue weighted by molar-refractivity contribution is -0.120. The van der Waals surface area contributed by atoms with Gasteiger partial charge in [0.15, 0.2) is 0 Å².